The smallest absolute Gasteiger partial charge is 0.326 e. The van der Waals surface area contributed by atoms with Crippen molar-refractivity contribution in [1.82, 2.24) is 15.5 Å². The van der Waals surface area contributed by atoms with E-state index in [0.29, 0.717) is 18.1 Å². The van der Waals surface area contributed by atoms with Crippen LogP contribution in [0.4, 0.5) is 0 Å². The summed E-state index contributed by atoms with van der Waals surface area (Å²) in [6.45, 7) is 3.81. The zero-order chi connectivity index (χ0) is 19.1. The van der Waals surface area contributed by atoms with Gasteiger partial charge in [-0.3, -0.25) is 4.79 Å². The molecule has 1 atom stereocenters. The van der Waals surface area contributed by atoms with E-state index in [0.717, 1.165) is 11.3 Å². The summed E-state index contributed by atoms with van der Waals surface area (Å²) in [4.78, 5) is 27.4. The van der Waals surface area contributed by atoms with Crippen molar-refractivity contribution in [2.24, 2.45) is 5.92 Å². The standard InChI is InChI=1S/C18H23N3O5/c1-11(2)10-14(18(23)24)19-15(22)8-9-16-20-17(21-26-16)12-4-6-13(25-3)7-5-12/h4-7,11,14H,8-10H2,1-3H3,(H,19,22)(H,23,24). The van der Waals surface area contributed by atoms with Crippen molar-refractivity contribution in [3.8, 4) is 17.1 Å². The van der Waals surface area contributed by atoms with Crippen LogP contribution in [0.5, 0.6) is 5.75 Å². The van der Waals surface area contributed by atoms with Gasteiger partial charge in [-0.15, -0.1) is 0 Å². The molecule has 0 radical (unpaired) electrons. The molecular weight excluding hydrogens is 338 g/mol. The van der Waals surface area contributed by atoms with Crippen LogP contribution in [0.1, 0.15) is 32.6 Å². The first-order valence-corrected chi connectivity index (χ1v) is 8.38. The number of hydrogen-bond acceptors (Lipinski definition) is 6. The third-order valence-electron chi connectivity index (χ3n) is 3.72. The number of ether oxygens (including phenoxy) is 1. The van der Waals surface area contributed by atoms with Gasteiger partial charge in [-0.25, -0.2) is 4.79 Å². The molecule has 8 nitrogen and oxygen atoms in total. The molecular formula is C18H23N3O5. The highest BCUT2D eigenvalue weighted by molar-refractivity contribution is 5.83. The van der Waals surface area contributed by atoms with E-state index in [4.69, 9.17) is 14.4 Å². The zero-order valence-corrected chi connectivity index (χ0v) is 15.1. The van der Waals surface area contributed by atoms with Crippen LogP contribution in [0.15, 0.2) is 28.8 Å². The normalized spacial score (nSPS) is 12.0. The van der Waals surface area contributed by atoms with E-state index in [1.54, 1.807) is 19.2 Å². The van der Waals surface area contributed by atoms with Gasteiger partial charge in [0.25, 0.3) is 0 Å². The van der Waals surface area contributed by atoms with E-state index < -0.39 is 12.0 Å². The minimum atomic E-state index is -1.04. The van der Waals surface area contributed by atoms with Crippen molar-refractivity contribution >= 4 is 11.9 Å². The van der Waals surface area contributed by atoms with Gasteiger partial charge < -0.3 is 19.7 Å². The van der Waals surface area contributed by atoms with Gasteiger partial charge in [0.2, 0.25) is 17.6 Å². The van der Waals surface area contributed by atoms with Gasteiger partial charge in [0.05, 0.1) is 7.11 Å². The maximum absolute atomic E-state index is 12.0. The van der Waals surface area contributed by atoms with Crippen LogP contribution >= 0.6 is 0 Å². The number of hydrogen-bond donors (Lipinski definition) is 2. The van der Waals surface area contributed by atoms with E-state index in [1.807, 2.05) is 26.0 Å². The van der Waals surface area contributed by atoms with Crippen molar-refractivity contribution in [2.75, 3.05) is 7.11 Å². The van der Waals surface area contributed by atoms with E-state index in [9.17, 15) is 9.59 Å². The first-order valence-electron chi connectivity index (χ1n) is 8.38. The molecule has 8 heteroatoms. The maximum atomic E-state index is 12.0. The molecule has 1 amide bonds. The van der Waals surface area contributed by atoms with Crippen molar-refractivity contribution in [1.29, 1.82) is 0 Å². The van der Waals surface area contributed by atoms with Crippen molar-refractivity contribution < 1.29 is 24.0 Å². The van der Waals surface area contributed by atoms with Crippen molar-refractivity contribution in [2.45, 2.75) is 39.2 Å². The number of nitrogens with one attached hydrogen (secondary N) is 1. The molecule has 26 heavy (non-hydrogen) atoms. The van der Waals surface area contributed by atoms with Gasteiger partial charge in [0, 0.05) is 18.4 Å². The number of rotatable bonds is 9. The van der Waals surface area contributed by atoms with Crippen LogP contribution in [0, 0.1) is 5.92 Å². The molecule has 1 aromatic heterocycles. The highest BCUT2D eigenvalue weighted by Gasteiger charge is 2.21. The Morgan fingerprint density at radius 1 is 1.27 bits per heavy atom. The van der Waals surface area contributed by atoms with Crippen LogP contribution in [0.25, 0.3) is 11.4 Å². The lowest BCUT2D eigenvalue weighted by atomic mass is 10.0. The van der Waals surface area contributed by atoms with Crippen LogP contribution in [0.2, 0.25) is 0 Å². The van der Waals surface area contributed by atoms with Gasteiger partial charge >= 0.3 is 5.97 Å². The second-order valence-corrected chi connectivity index (χ2v) is 6.33. The monoisotopic (exact) mass is 361 g/mol. The average molecular weight is 361 g/mol. The number of amides is 1. The molecule has 2 aromatic rings. The van der Waals surface area contributed by atoms with Gasteiger partial charge in [-0.1, -0.05) is 19.0 Å². The summed E-state index contributed by atoms with van der Waals surface area (Å²) < 4.78 is 10.3. The number of methoxy groups -OCH3 is 1. The lowest BCUT2D eigenvalue weighted by Gasteiger charge is -2.16. The first kappa shape index (κ1) is 19.4. The Morgan fingerprint density at radius 3 is 2.54 bits per heavy atom. The summed E-state index contributed by atoms with van der Waals surface area (Å²) in [6.07, 6.45) is 0.693. The topological polar surface area (TPSA) is 115 Å². The minimum absolute atomic E-state index is 0.0755. The molecule has 140 valence electrons. The summed E-state index contributed by atoms with van der Waals surface area (Å²) in [5.74, 6) is 0.241. The molecule has 0 bridgehead atoms. The van der Waals surface area contributed by atoms with Gasteiger partial charge in [0.15, 0.2) is 0 Å². The molecule has 1 aromatic carbocycles. The predicted octanol–water partition coefficient (Wildman–Crippen LogP) is 2.29. The Bertz CT molecular complexity index is 740. The number of nitrogens with zero attached hydrogens (tertiary/aromatic N) is 2. The zero-order valence-electron chi connectivity index (χ0n) is 15.1. The second-order valence-electron chi connectivity index (χ2n) is 6.33. The molecule has 2 rings (SSSR count). The third kappa shape index (κ3) is 5.58. The molecule has 0 fully saturated rings. The molecule has 0 saturated carbocycles. The minimum Gasteiger partial charge on any atom is -0.497 e. The fourth-order valence-electron chi connectivity index (χ4n) is 2.39. The molecule has 1 unspecified atom stereocenters. The van der Waals surface area contributed by atoms with E-state index >= 15 is 0 Å². The molecule has 0 aliphatic heterocycles. The van der Waals surface area contributed by atoms with E-state index in [-0.39, 0.29) is 24.7 Å². The number of aromatic nitrogens is 2. The maximum Gasteiger partial charge on any atom is 0.326 e. The molecule has 0 aliphatic rings. The van der Waals surface area contributed by atoms with Gasteiger partial charge in [-0.05, 0) is 36.6 Å². The fourth-order valence-corrected chi connectivity index (χ4v) is 2.39. The lowest BCUT2D eigenvalue weighted by molar-refractivity contribution is -0.142. The summed E-state index contributed by atoms with van der Waals surface area (Å²) in [5, 5.41) is 15.6. The number of aryl methyl sites for hydroxylation is 1. The predicted molar refractivity (Wildman–Crippen MR) is 93.6 cm³/mol. The highest BCUT2D eigenvalue weighted by Crippen LogP contribution is 2.20. The molecule has 2 N–H and O–H groups in total. The molecule has 1 heterocycles. The number of carboxylic acids is 1. The van der Waals surface area contributed by atoms with Gasteiger partial charge in [-0.2, -0.15) is 4.98 Å². The number of benzene rings is 1. The number of aliphatic carboxylic acids is 1. The Balaban J connectivity index is 1.90. The molecule has 0 saturated heterocycles. The molecule has 0 aliphatic carbocycles. The van der Waals surface area contributed by atoms with Gasteiger partial charge in [0.1, 0.15) is 11.8 Å². The van der Waals surface area contributed by atoms with E-state index in [1.165, 1.54) is 0 Å². The SMILES string of the molecule is COc1ccc(-c2noc(CCC(=O)NC(CC(C)C)C(=O)O)n2)cc1. The van der Waals surface area contributed by atoms with Crippen molar-refractivity contribution in [3.05, 3.63) is 30.2 Å². The summed E-state index contributed by atoms with van der Waals surface area (Å²) in [5.41, 5.74) is 0.771. The Kier molecular flexibility index (Phi) is 6.71. The highest BCUT2D eigenvalue weighted by atomic mass is 16.5. The summed E-state index contributed by atoms with van der Waals surface area (Å²) >= 11 is 0. The third-order valence-corrected chi connectivity index (χ3v) is 3.72. The Labute approximate surface area is 151 Å². The summed E-state index contributed by atoms with van der Waals surface area (Å²) in [6, 6.07) is 6.31. The number of carbonyl (C=O) groups is 2. The van der Waals surface area contributed by atoms with E-state index in [2.05, 4.69) is 15.5 Å². The summed E-state index contributed by atoms with van der Waals surface area (Å²) in [7, 11) is 1.59. The van der Waals surface area contributed by atoms with Crippen LogP contribution in [-0.4, -0.2) is 40.3 Å². The van der Waals surface area contributed by atoms with Crippen LogP contribution in [-0.2, 0) is 16.0 Å². The first-order chi connectivity index (χ1) is 12.4. The Morgan fingerprint density at radius 2 is 1.96 bits per heavy atom. The lowest BCUT2D eigenvalue weighted by Crippen LogP contribution is -2.41. The number of carboxylic acid groups (broad SMARTS) is 1. The Hall–Kier alpha value is -2.90. The second kappa shape index (κ2) is 8.98. The fraction of sp³-hybridized carbons (Fsp3) is 0.444. The number of carbonyl (C=O) groups excluding carboxylic acids is 1. The largest absolute Gasteiger partial charge is 0.497 e. The van der Waals surface area contributed by atoms with Crippen LogP contribution in [0.3, 0.4) is 0 Å². The van der Waals surface area contributed by atoms with Crippen LogP contribution < -0.4 is 10.1 Å². The van der Waals surface area contributed by atoms with Crippen molar-refractivity contribution in [3.63, 3.8) is 0 Å². The quantitative estimate of drug-likeness (QED) is 0.704. The molecule has 0 spiro atoms. The average Bonchev–Trinajstić information content (AvgIpc) is 3.08.